The number of hydrogen-bond donors (Lipinski definition) is 1. The van der Waals surface area contributed by atoms with Crippen LogP contribution >= 0.6 is 34.4 Å². The Morgan fingerprint density at radius 3 is 2.70 bits per heavy atom. The first-order valence-corrected chi connectivity index (χ1v) is 11.7. The summed E-state index contributed by atoms with van der Waals surface area (Å²) in [7, 11) is 1.50. The Morgan fingerprint density at radius 2 is 2.03 bits per heavy atom. The largest absolute Gasteiger partial charge is 0.493 e. The minimum atomic E-state index is -0.526. The molecule has 3 rings (SSSR count). The predicted octanol–water partition coefficient (Wildman–Crippen LogP) is 4.60. The fourth-order valence-corrected chi connectivity index (χ4v) is 4.77. The van der Waals surface area contributed by atoms with Crippen LogP contribution in [0, 0.1) is 29.8 Å². The van der Waals surface area contributed by atoms with Crippen LogP contribution < -0.4 is 14.8 Å². The van der Waals surface area contributed by atoms with Gasteiger partial charge in [-0.25, -0.2) is 0 Å². The summed E-state index contributed by atoms with van der Waals surface area (Å²) in [5.74, 6) is 2.39. The summed E-state index contributed by atoms with van der Waals surface area (Å²) in [6.07, 6.45) is 6.84. The topological polar surface area (TPSA) is 84.9 Å². The second-order valence-electron chi connectivity index (χ2n) is 7.16. The van der Waals surface area contributed by atoms with Crippen molar-refractivity contribution in [3.05, 3.63) is 55.5 Å². The minimum absolute atomic E-state index is 0.0920. The SMILES string of the molecule is C#CCOc1c(I)cc(/C=C2/SC(=O)N(CC(=O)Nc3ccc(C)cc3C)C2=O)cc1OC. The third-order valence-corrected chi connectivity index (χ3v) is 6.39. The van der Waals surface area contributed by atoms with Crippen molar-refractivity contribution in [2.75, 3.05) is 25.6 Å². The lowest BCUT2D eigenvalue weighted by Crippen LogP contribution is -2.36. The summed E-state index contributed by atoms with van der Waals surface area (Å²) < 4.78 is 11.6. The number of anilines is 1. The summed E-state index contributed by atoms with van der Waals surface area (Å²) in [5.41, 5.74) is 3.26. The number of methoxy groups -OCH3 is 1. The quantitative estimate of drug-likeness (QED) is 0.295. The fourth-order valence-electron chi connectivity index (χ4n) is 3.15. The molecule has 9 heteroatoms. The first-order valence-electron chi connectivity index (χ1n) is 9.79. The number of nitrogens with one attached hydrogen (secondary N) is 1. The molecule has 0 aromatic heterocycles. The van der Waals surface area contributed by atoms with Gasteiger partial charge in [-0.2, -0.15) is 0 Å². The van der Waals surface area contributed by atoms with Gasteiger partial charge in [0.1, 0.15) is 13.2 Å². The summed E-state index contributed by atoms with van der Waals surface area (Å²) in [5, 5.41) is 2.25. The van der Waals surface area contributed by atoms with E-state index in [1.165, 1.54) is 7.11 Å². The normalized spacial score (nSPS) is 14.4. The van der Waals surface area contributed by atoms with E-state index in [4.69, 9.17) is 15.9 Å². The Morgan fingerprint density at radius 1 is 1.27 bits per heavy atom. The van der Waals surface area contributed by atoms with E-state index in [1.54, 1.807) is 24.3 Å². The van der Waals surface area contributed by atoms with Gasteiger partial charge in [0.05, 0.1) is 15.6 Å². The molecule has 1 aliphatic heterocycles. The first-order chi connectivity index (χ1) is 15.7. The smallest absolute Gasteiger partial charge is 0.294 e. The molecule has 0 aliphatic carbocycles. The highest BCUT2D eigenvalue weighted by atomic mass is 127. The van der Waals surface area contributed by atoms with Crippen molar-refractivity contribution in [3.8, 4) is 23.8 Å². The van der Waals surface area contributed by atoms with Crippen molar-refractivity contribution in [2.45, 2.75) is 13.8 Å². The molecule has 0 unspecified atom stereocenters. The van der Waals surface area contributed by atoms with E-state index in [2.05, 4.69) is 33.8 Å². The maximum atomic E-state index is 12.8. The molecule has 33 heavy (non-hydrogen) atoms. The number of ether oxygens (including phenoxy) is 2. The van der Waals surface area contributed by atoms with Gasteiger partial charge in [0.25, 0.3) is 11.1 Å². The lowest BCUT2D eigenvalue weighted by Gasteiger charge is -2.14. The Hall–Kier alpha value is -2.97. The maximum Gasteiger partial charge on any atom is 0.294 e. The monoisotopic (exact) mass is 576 g/mol. The fraction of sp³-hybridized carbons (Fsp3) is 0.208. The van der Waals surface area contributed by atoms with E-state index in [-0.39, 0.29) is 18.1 Å². The van der Waals surface area contributed by atoms with Crippen LogP contribution in [0.25, 0.3) is 6.08 Å². The predicted molar refractivity (Wildman–Crippen MR) is 137 cm³/mol. The van der Waals surface area contributed by atoms with Crippen LogP contribution in [0.1, 0.15) is 16.7 Å². The van der Waals surface area contributed by atoms with Crippen LogP contribution in [0.15, 0.2) is 35.2 Å². The highest BCUT2D eigenvalue weighted by Gasteiger charge is 2.36. The zero-order valence-corrected chi connectivity index (χ0v) is 21.2. The Labute approximate surface area is 210 Å². The van der Waals surface area contributed by atoms with Crippen molar-refractivity contribution in [3.63, 3.8) is 0 Å². The molecule has 0 saturated carbocycles. The van der Waals surface area contributed by atoms with E-state index in [0.717, 1.165) is 31.4 Å². The molecule has 1 fully saturated rings. The van der Waals surface area contributed by atoms with Gasteiger partial charge in [0.2, 0.25) is 5.91 Å². The molecule has 0 radical (unpaired) electrons. The number of aryl methyl sites for hydroxylation is 2. The average Bonchev–Trinajstić information content (AvgIpc) is 3.02. The van der Waals surface area contributed by atoms with Crippen LogP contribution in [0.2, 0.25) is 0 Å². The molecule has 3 amide bonds. The molecule has 1 N–H and O–H groups in total. The van der Waals surface area contributed by atoms with E-state index in [1.807, 2.05) is 26.0 Å². The number of thioether (sulfide) groups is 1. The van der Waals surface area contributed by atoms with Gasteiger partial charge in [-0.15, -0.1) is 6.42 Å². The van der Waals surface area contributed by atoms with Gasteiger partial charge in [-0.1, -0.05) is 23.6 Å². The number of imide groups is 1. The van der Waals surface area contributed by atoms with Crippen molar-refractivity contribution >= 4 is 63.2 Å². The highest BCUT2D eigenvalue weighted by Crippen LogP contribution is 2.37. The Balaban J connectivity index is 1.76. The minimum Gasteiger partial charge on any atom is -0.493 e. The van der Waals surface area contributed by atoms with Gasteiger partial charge >= 0.3 is 0 Å². The lowest BCUT2D eigenvalue weighted by molar-refractivity contribution is -0.127. The molecule has 2 aromatic rings. The van der Waals surface area contributed by atoms with Crippen LogP contribution in [0.4, 0.5) is 10.5 Å². The third-order valence-electron chi connectivity index (χ3n) is 4.68. The van der Waals surface area contributed by atoms with E-state index in [0.29, 0.717) is 22.7 Å². The third kappa shape index (κ3) is 5.89. The molecule has 0 spiro atoms. The molecule has 1 aliphatic rings. The number of carbonyl (C=O) groups excluding carboxylic acids is 3. The van der Waals surface area contributed by atoms with Crippen molar-refractivity contribution in [2.24, 2.45) is 0 Å². The Kier molecular flexibility index (Phi) is 8.05. The van der Waals surface area contributed by atoms with Gasteiger partial charge in [0, 0.05) is 5.69 Å². The number of carbonyl (C=O) groups is 3. The summed E-state index contributed by atoms with van der Waals surface area (Å²) in [6, 6.07) is 9.09. The second-order valence-corrected chi connectivity index (χ2v) is 9.32. The van der Waals surface area contributed by atoms with Gasteiger partial charge in [-0.3, -0.25) is 19.3 Å². The van der Waals surface area contributed by atoms with E-state index in [9.17, 15) is 14.4 Å². The van der Waals surface area contributed by atoms with Gasteiger partial charge in [-0.05, 0) is 83.6 Å². The standard InChI is InChI=1S/C24H21IN2O5S/c1-5-8-32-22-17(25)10-16(11-19(22)31-4)12-20-23(29)27(24(30)33-20)13-21(28)26-18-7-6-14(2)9-15(18)3/h1,6-7,9-12H,8,13H2,2-4H3,(H,26,28)/b20-12+. The number of terminal acetylenes is 1. The van der Waals surface area contributed by atoms with E-state index < -0.39 is 17.1 Å². The van der Waals surface area contributed by atoms with Crippen LogP contribution in [-0.4, -0.2) is 42.2 Å². The van der Waals surface area contributed by atoms with Crippen LogP contribution in [-0.2, 0) is 9.59 Å². The zero-order valence-electron chi connectivity index (χ0n) is 18.2. The molecular weight excluding hydrogens is 555 g/mol. The summed E-state index contributed by atoms with van der Waals surface area (Å²) >= 11 is 2.87. The van der Waals surface area contributed by atoms with Crippen molar-refractivity contribution in [1.82, 2.24) is 4.90 Å². The number of rotatable bonds is 7. The van der Waals surface area contributed by atoms with Gasteiger partial charge in [0.15, 0.2) is 11.5 Å². The number of halogens is 1. The summed E-state index contributed by atoms with van der Waals surface area (Å²) in [4.78, 5) is 38.9. The average molecular weight is 576 g/mol. The van der Waals surface area contributed by atoms with Crippen LogP contribution in [0.3, 0.4) is 0 Å². The molecule has 0 atom stereocenters. The molecule has 1 heterocycles. The summed E-state index contributed by atoms with van der Waals surface area (Å²) in [6.45, 7) is 3.56. The van der Waals surface area contributed by atoms with E-state index >= 15 is 0 Å². The lowest BCUT2D eigenvalue weighted by atomic mass is 10.1. The second kappa shape index (κ2) is 10.8. The first kappa shape index (κ1) is 24.7. The number of amides is 3. The number of hydrogen-bond acceptors (Lipinski definition) is 6. The maximum absolute atomic E-state index is 12.8. The highest BCUT2D eigenvalue weighted by molar-refractivity contribution is 14.1. The number of benzene rings is 2. The molecule has 2 aromatic carbocycles. The molecule has 7 nitrogen and oxygen atoms in total. The van der Waals surface area contributed by atoms with Crippen molar-refractivity contribution in [1.29, 1.82) is 0 Å². The van der Waals surface area contributed by atoms with Crippen LogP contribution in [0.5, 0.6) is 11.5 Å². The van der Waals surface area contributed by atoms with Crippen molar-refractivity contribution < 1.29 is 23.9 Å². The number of nitrogens with zero attached hydrogens (tertiary/aromatic N) is 1. The Bertz CT molecular complexity index is 1200. The zero-order chi connectivity index (χ0) is 24.1. The van der Waals surface area contributed by atoms with Gasteiger partial charge < -0.3 is 14.8 Å². The molecule has 1 saturated heterocycles. The molecule has 0 bridgehead atoms. The molecular formula is C24H21IN2O5S. The molecule has 170 valence electrons.